The Morgan fingerprint density at radius 2 is 0.804 bits per heavy atom. The quantitative estimate of drug-likeness (QED) is 0.318. The van der Waals surface area contributed by atoms with Gasteiger partial charge < -0.3 is 14.3 Å². The maximum Gasteiger partial charge on any atom is 0.305 e. The average molecular weight is 864 g/mol. The first kappa shape index (κ1) is 71.0. The van der Waals surface area contributed by atoms with Crippen molar-refractivity contribution in [1.29, 1.82) is 0 Å². The fraction of sp³-hybridized carbons (Fsp3) is 0.862. The second-order valence-corrected chi connectivity index (χ2v) is 22.2. The van der Waals surface area contributed by atoms with Gasteiger partial charge in [-0.25, -0.2) is 33.7 Å². The Bertz CT molecular complexity index is 1270. The molecule has 0 radical (unpaired) electrons. The van der Waals surface area contributed by atoms with Gasteiger partial charge in [0.2, 0.25) is 20.0 Å². The number of esters is 1. The normalized spacial score (nSPS) is 10.5. The molecule has 0 aromatic rings. The van der Waals surface area contributed by atoms with E-state index in [0.717, 1.165) is 37.8 Å². The zero-order valence-electron chi connectivity index (χ0n) is 34.3. The Hall–Kier alpha value is -1.46. The number of Topliss-reactive ketones (excluding diaryl/α,β-unsaturated/α-hetero) is 3. The molecule has 0 aliphatic rings. The van der Waals surface area contributed by atoms with Crippen molar-refractivity contribution in [2.24, 2.45) is 0 Å². The van der Waals surface area contributed by atoms with Crippen LogP contribution in [0.5, 0.6) is 0 Å². The van der Waals surface area contributed by atoms with E-state index in [-0.39, 0.29) is 23.3 Å². The van der Waals surface area contributed by atoms with Crippen LogP contribution in [0.3, 0.4) is 0 Å². The third kappa shape index (κ3) is 161. The van der Waals surface area contributed by atoms with Crippen LogP contribution in [-0.2, 0) is 85.2 Å². The van der Waals surface area contributed by atoms with Crippen molar-refractivity contribution >= 4 is 84.6 Å². The fourth-order valence-electron chi connectivity index (χ4n) is 0.640. The summed E-state index contributed by atoms with van der Waals surface area (Å²) in [7, 11) is -11.4. The summed E-state index contributed by atoms with van der Waals surface area (Å²) in [6, 6.07) is 0. The van der Waals surface area contributed by atoms with E-state index in [1.54, 1.807) is 39.5 Å². The summed E-state index contributed by atoms with van der Waals surface area (Å²) in [5.74, 6) is 1.63. The number of nitrogens with zero attached hydrogens (tertiary/aromatic N) is 1. The zero-order chi connectivity index (χ0) is 44.0. The highest BCUT2D eigenvalue weighted by Gasteiger charge is 2.20. The predicted molar refractivity (Wildman–Crippen MR) is 213 cm³/mol. The molecule has 51 heavy (non-hydrogen) atoms. The SMILES string of the molecule is CC(C)=O.CCC(=O)CC.CCC(=O)OC.CCC(C)=O.CCS(C)(=O)=O.CCS(C)=O.CN(S(C)(=O)=O)S(C)(=O)=O.CS(C)(=O)=O.CS(C)=O. The summed E-state index contributed by atoms with van der Waals surface area (Å²) in [4.78, 5) is 39.4. The van der Waals surface area contributed by atoms with Crippen LogP contribution in [-0.4, -0.2) is 145 Å². The second kappa shape index (κ2) is 42.9. The molecule has 1 unspecified atom stereocenters. The first-order valence-electron chi connectivity index (χ1n) is 14.9. The third-order valence-corrected chi connectivity index (χ3v) is 9.02. The summed E-state index contributed by atoms with van der Waals surface area (Å²) in [6.07, 6.45) is 12.7. The van der Waals surface area contributed by atoms with E-state index >= 15 is 0 Å². The number of ether oxygens (including phenoxy) is 1. The van der Waals surface area contributed by atoms with Gasteiger partial charge in [-0.1, -0.05) is 45.3 Å². The van der Waals surface area contributed by atoms with Gasteiger partial charge >= 0.3 is 5.97 Å². The number of sulfone groups is 2. The van der Waals surface area contributed by atoms with Crippen molar-refractivity contribution in [2.45, 2.75) is 88.0 Å². The second-order valence-electron chi connectivity index (χ2n) is 10.0. The van der Waals surface area contributed by atoms with Gasteiger partial charge in [0.15, 0.2) is 0 Å². The molecule has 0 fully saturated rings. The molecule has 0 N–H and O–H groups in total. The average Bonchev–Trinajstić information content (AvgIpc) is 2.94. The molecule has 0 aromatic carbocycles. The maximum atomic E-state index is 10.5. The van der Waals surface area contributed by atoms with Gasteiger partial charge in [0.05, 0.1) is 19.6 Å². The van der Waals surface area contributed by atoms with Crippen LogP contribution in [0.25, 0.3) is 0 Å². The molecule has 1 atom stereocenters. The fourth-order valence-corrected chi connectivity index (χ4v) is 2.61. The Morgan fingerprint density at radius 3 is 0.804 bits per heavy atom. The standard InChI is InChI=1S/C5H10O.C4H8O2.C4H8O.C3H9NO4S2.C3H8O2S.C3H8OS.C3H6O.C2H6O2S.C2H6OS/c1-3-5(6)4-2;1-3-4(5)6-2;1-3-4(2)5;1-4(9(2,5)6)10(3,7)8;1-3-6(2,4)5;1-3-5(2)4;1-3(2)4;1-5(2,3)4;1-4(2)3/h3-4H2,1-2H3;3H2,1-2H3;3H2,1-2H3;1-3H3;3H2,1-2H3;3H2,1-2H3;1-2H3;1-2H3;1-2H3. The highest BCUT2D eigenvalue weighted by molar-refractivity contribution is 8.03. The van der Waals surface area contributed by atoms with Gasteiger partial charge in [-0.05, 0) is 20.8 Å². The minimum absolute atomic E-state index is 0.157. The van der Waals surface area contributed by atoms with Crippen LogP contribution in [0.1, 0.15) is 88.0 Å². The molecule has 0 aliphatic heterocycles. The number of ketones is 3. The number of hydrogen-bond donors (Lipinski definition) is 0. The predicted octanol–water partition coefficient (Wildman–Crippen LogP) is 2.45. The Balaban J connectivity index is -0.0000000565. The van der Waals surface area contributed by atoms with Crippen LogP contribution >= 0.6 is 0 Å². The van der Waals surface area contributed by atoms with E-state index in [1.807, 2.05) is 27.7 Å². The number of carbonyl (C=O) groups is 4. The number of sulfonamides is 2. The molecular formula is C29H69NO15S6. The van der Waals surface area contributed by atoms with Crippen molar-refractivity contribution in [2.75, 3.05) is 75.7 Å². The first-order valence-corrected chi connectivity index (χ1v) is 26.7. The van der Waals surface area contributed by atoms with E-state index in [0.29, 0.717) is 35.2 Å². The van der Waals surface area contributed by atoms with Crippen LogP contribution in [0.4, 0.5) is 0 Å². The van der Waals surface area contributed by atoms with Crippen LogP contribution in [0.15, 0.2) is 0 Å². The van der Waals surface area contributed by atoms with Crippen molar-refractivity contribution in [3.8, 4) is 0 Å². The van der Waals surface area contributed by atoms with E-state index in [4.69, 9.17) is 0 Å². The molecule has 0 bridgehead atoms. The summed E-state index contributed by atoms with van der Waals surface area (Å²) in [5.41, 5.74) is 0. The summed E-state index contributed by atoms with van der Waals surface area (Å²) >= 11 is 0. The molecule has 0 heterocycles. The molecule has 0 aliphatic carbocycles. The summed E-state index contributed by atoms with van der Waals surface area (Å²) in [5, 5.41) is 0. The molecule has 0 amide bonds. The Labute approximate surface area is 316 Å². The van der Waals surface area contributed by atoms with Crippen LogP contribution in [0.2, 0.25) is 0 Å². The van der Waals surface area contributed by atoms with Gasteiger partial charge in [0.1, 0.15) is 37.0 Å². The molecule has 316 valence electrons. The van der Waals surface area contributed by atoms with E-state index in [9.17, 15) is 61.3 Å². The smallest absolute Gasteiger partial charge is 0.305 e. The van der Waals surface area contributed by atoms with Crippen LogP contribution < -0.4 is 0 Å². The van der Waals surface area contributed by atoms with Crippen molar-refractivity contribution in [3.63, 3.8) is 0 Å². The minimum atomic E-state index is -3.62. The Kier molecular flexibility index (Phi) is 59.8. The molecule has 22 heteroatoms. The number of carbonyl (C=O) groups excluding carboxylic acids is 4. The molecule has 0 aromatic heterocycles. The molecule has 0 spiro atoms. The lowest BCUT2D eigenvalue weighted by atomic mass is 10.3. The molecule has 0 saturated heterocycles. The molecule has 0 rings (SSSR count). The van der Waals surface area contributed by atoms with Crippen molar-refractivity contribution < 1.29 is 66.0 Å². The lowest BCUT2D eigenvalue weighted by Crippen LogP contribution is -2.31. The van der Waals surface area contributed by atoms with Gasteiger partial charge in [0, 0.05) is 103 Å². The van der Waals surface area contributed by atoms with Crippen molar-refractivity contribution in [3.05, 3.63) is 0 Å². The summed E-state index contributed by atoms with van der Waals surface area (Å²) < 4.78 is 105. The lowest BCUT2D eigenvalue weighted by molar-refractivity contribution is -0.140. The highest BCUT2D eigenvalue weighted by atomic mass is 32.3. The van der Waals surface area contributed by atoms with Crippen LogP contribution in [0, 0.1) is 0 Å². The zero-order valence-corrected chi connectivity index (χ0v) is 39.2. The molecule has 0 saturated carbocycles. The number of hydrogen-bond acceptors (Lipinski definition) is 15. The largest absolute Gasteiger partial charge is 0.469 e. The maximum absolute atomic E-state index is 10.5. The minimum Gasteiger partial charge on any atom is -0.469 e. The van der Waals surface area contributed by atoms with Gasteiger partial charge in [-0.15, -0.1) is 0 Å². The molecule has 16 nitrogen and oxygen atoms in total. The highest BCUT2D eigenvalue weighted by Crippen LogP contribution is 1.98. The number of rotatable bonds is 8. The van der Waals surface area contributed by atoms with Gasteiger partial charge in [-0.3, -0.25) is 18.0 Å². The third-order valence-electron chi connectivity index (χ3n) is 3.67. The summed E-state index contributed by atoms with van der Waals surface area (Å²) in [6.45, 7) is 15.5. The van der Waals surface area contributed by atoms with Gasteiger partial charge in [-0.2, -0.15) is 0 Å². The van der Waals surface area contributed by atoms with Gasteiger partial charge in [0.25, 0.3) is 0 Å². The first-order chi connectivity index (χ1) is 22.3. The number of methoxy groups -OCH3 is 1. The van der Waals surface area contributed by atoms with E-state index in [1.165, 1.54) is 27.2 Å². The van der Waals surface area contributed by atoms with E-state index in [2.05, 4.69) is 4.74 Å². The lowest BCUT2D eigenvalue weighted by Gasteiger charge is -2.09. The van der Waals surface area contributed by atoms with E-state index < -0.39 is 61.3 Å². The Morgan fingerprint density at radius 1 is 0.608 bits per heavy atom. The monoisotopic (exact) mass is 863 g/mol. The topological polar surface area (TPSA) is 251 Å². The van der Waals surface area contributed by atoms with Crippen molar-refractivity contribution in [1.82, 2.24) is 3.71 Å². The molecular weight excluding hydrogens is 795 g/mol.